The molecule has 0 spiro atoms. The molecular formula is C14H18O6. The van der Waals surface area contributed by atoms with E-state index in [1.165, 1.54) is 13.8 Å². The van der Waals surface area contributed by atoms with Gasteiger partial charge in [0.15, 0.2) is 11.6 Å². The third-order valence-corrected chi connectivity index (χ3v) is 2.17. The van der Waals surface area contributed by atoms with Crippen molar-refractivity contribution in [2.24, 2.45) is 0 Å². The molecule has 0 aliphatic carbocycles. The van der Waals surface area contributed by atoms with E-state index < -0.39 is 23.5 Å². The van der Waals surface area contributed by atoms with Crippen LogP contribution in [0.4, 0.5) is 0 Å². The van der Waals surface area contributed by atoms with Crippen molar-refractivity contribution in [2.45, 2.75) is 27.7 Å². The summed E-state index contributed by atoms with van der Waals surface area (Å²) in [4.78, 5) is 45.7. The van der Waals surface area contributed by atoms with Gasteiger partial charge >= 0.3 is 11.9 Å². The Labute approximate surface area is 117 Å². The maximum atomic E-state index is 11.5. The Kier molecular flexibility index (Phi) is 7.81. The van der Waals surface area contributed by atoms with Gasteiger partial charge in [0.1, 0.15) is 11.1 Å². The Balaban J connectivity index is 5.44. The van der Waals surface area contributed by atoms with Crippen molar-refractivity contribution < 1.29 is 28.7 Å². The number of rotatable bonds is 7. The number of carbonyl (C=O) groups excluding carboxylic acids is 4. The van der Waals surface area contributed by atoms with E-state index in [1.807, 2.05) is 0 Å². The maximum absolute atomic E-state index is 11.5. The highest BCUT2D eigenvalue weighted by Gasteiger charge is 2.18. The molecule has 6 heteroatoms. The van der Waals surface area contributed by atoms with Crippen LogP contribution in [0.15, 0.2) is 23.3 Å². The van der Waals surface area contributed by atoms with Gasteiger partial charge in [0.05, 0.1) is 13.2 Å². The van der Waals surface area contributed by atoms with Crippen LogP contribution in [0.1, 0.15) is 27.7 Å². The standard InChI is InChI=1S/C14H18O6/c1-5-19-13(17)11(9(3)15)7-8-12(10(4)16)14(18)20-6-2/h7-8H,5-6H2,1-4H3/b11-7-,12-8-. The molecule has 0 aromatic carbocycles. The summed E-state index contributed by atoms with van der Waals surface area (Å²) < 4.78 is 9.42. The van der Waals surface area contributed by atoms with Crippen molar-refractivity contribution in [3.8, 4) is 0 Å². The number of hydrogen-bond donors (Lipinski definition) is 0. The van der Waals surface area contributed by atoms with Gasteiger partial charge in [-0.05, 0) is 39.8 Å². The Morgan fingerprint density at radius 2 is 1.05 bits per heavy atom. The van der Waals surface area contributed by atoms with Gasteiger partial charge in [0, 0.05) is 0 Å². The SMILES string of the molecule is CCOC(=O)/C(=C\C=C(\C(C)=O)C(=O)OCC)C(C)=O. The highest BCUT2D eigenvalue weighted by Crippen LogP contribution is 2.06. The highest BCUT2D eigenvalue weighted by molar-refractivity contribution is 6.18. The smallest absolute Gasteiger partial charge is 0.341 e. The number of ketones is 2. The van der Waals surface area contributed by atoms with Crippen LogP contribution in [0.25, 0.3) is 0 Å². The fraction of sp³-hybridized carbons (Fsp3) is 0.429. The second-order valence-electron chi connectivity index (χ2n) is 3.71. The van der Waals surface area contributed by atoms with E-state index in [0.717, 1.165) is 12.2 Å². The molecule has 0 amide bonds. The number of allylic oxidation sites excluding steroid dienone is 2. The number of esters is 2. The highest BCUT2D eigenvalue weighted by atomic mass is 16.5. The van der Waals surface area contributed by atoms with Crippen molar-refractivity contribution in [3.05, 3.63) is 23.3 Å². The molecule has 0 unspecified atom stereocenters. The van der Waals surface area contributed by atoms with Crippen LogP contribution in [0.2, 0.25) is 0 Å². The Morgan fingerprint density at radius 1 is 0.750 bits per heavy atom. The molecule has 0 N–H and O–H groups in total. The molecule has 0 fully saturated rings. The lowest BCUT2D eigenvalue weighted by molar-refractivity contribution is -0.141. The van der Waals surface area contributed by atoms with Crippen LogP contribution in [-0.2, 0) is 28.7 Å². The molecule has 0 saturated heterocycles. The van der Waals surface area contributed by atoms with E-state index in [4.69, 9.17) is 9.47 Å². The summed E-state index contributed by atoms with van der Waals surface area (Å²) in [5.74, 6) is -2.65. The summed E-state index contributed by atoms with van der Waals surface area (Å²) in [6.45, 7) is 5.81. The average molecular weight is 282 g/mol. The number of carbonyl (C=O) groups is 4. The fourth-order valence-electron chi connectivity index (χ4n) is 1.24. The van der Waals surface area contributed by atoms with Gasteiger partial charge in [-0.2, -0.15) is 0 Å². The molecule has 0 aromatic heterocycles. The summed E-state index contributed by atoms with van der Waals surface area (Å²) in [6.07, 6.45) is 2.18. The second-order valence-corrected chi connectivity index (χ2v) is 3.71. The van der Waals surface area contributed by atoms with Gasteiger partial charge in [-0.15, -0.1) is 0 Å². The first kappa shape index (κ1) is 17.8. The second kappa shape index (κ2) is 8.79. The van der Waals surface area contributed by atoms with Crippen LogP contribution in [-0.4, -0.2) is 36.7 Å². The average Bonchev–Trinajstić information content (AvgIpc) is 2.33. The Morgan fingerprint density at radius 3 is 1.25 bits per heavy atom. The number of hydrogen-bond acceptors (Lipinski definition) is 6. The molecule has 0 saturated carbocycles. The first-order valence-electron chi connectivity index (χ1n) is 6.13. The Bertz CT molecular complexity index is 426. The van der Waals surface area contributed by atoms with Crippen LogP contribution in [0, 0.1) is 0 Å². The predicted molar refractivity (Wildman–Crippen MR) is 70.8 cm³/mol. The van der Waals surface area contributed by atoms with Gasteiger partial charge < -0.3 is 9.47 Å². The van der Waals surface area contributed by atoms with Crippen LogP contribution < -0.4 is 0 Å². The normalized spacial score (nSPS) is 11.8. The third-order valence-electron chi connectivity index (χ3n) is 2.17. The van der Waals surface area contributed by atoms with Gasteiger partial charge in [-0.25, -0.2) is 9.59 Å². The minimum absolute atomic E-state index is 0.116. The topological polar surface area (TPSA) is 86.7 Å². The van der Waals surface area contributed by atoms with E-state index >= 15 is 0 Å². The molecule has 0 atom stereocenters. The lowest BCUT2D eigenvalue weighted by atomic mass is 10.1. The summed E-state index contributed by atoms with van der Waals surface area (Å²) >= 11 is 0. The third kappa shape index (κ3) is 5.60. The molecule has 0 aliphatic rings. The van der Waals surface area contributed by atoms with Gasteiger partial charge in [-0.3, -0.25) is 9.59 Å². The zero-order valence-electron chi connectivity index (χ0n) is 12.0. The molecule has 0 radical (unpaired) electrons. The molecule has 0 aromatic rings. The van der Waals surface area contributed by atoms with E-state index in [1.54, 1.807) is 13.8 Å². The minimum atomic E-state index is -0.803. The van der Waals surface area contributed by atoms with Gasteiger partial charge in [0.2, 0.25) is 0 Å². The number of Topliss-reactive ketones (excluding diaryl/α,β-unsaturated/α-hetero) is 2. The lowest BCUT2D eigenvalue weighted by Crippen LogP contribution is -2.15. The summed E-state index contributed by atoms with van der Waals surface area (Å²) in [6, 6.07) is 0. The molecular weight excluding hydrogens is 264 g/mol. The minimum Gasteiger partial charge on any atom is -0.462 e. The van der Waals surface area contributed by atoms with Crippen molar-refractivity contribution in [1.29, 1.82) is 0 Å². The largest absolute Gasteiger partial charge is 0.462 e. The molecule has 0 aliphatic heterocycles. The number of ether oxygens (including phenoxy) is 2. The van der Waals surface area contributed by atoms with Gasteiger partial charge in [-0.1, -0.05) is 0 Å². The zero-order valence-corrected chi connectivity index (χ0v) is 12.0. The van der Waals surface area contributed by atoms with Crippen LogP contribution in [0.5, 0.6) is 0 Å². The molecule has 0 bridgehead atoms. The van der Waals surface area contributed by atoms with E-state index in [0.29, 0.717) is 0 Å². The molecule has 110 valence electrons. The van der Waals surface area contributed by atoms with Crippen LogP contribution >= 0.6 is 0 Å². The van der Waals surface area contributed by atoms with E-state index in [9.17, 15) is 19.2 Å². The van der Waals surface area contributed by atoms with Crippen molar-refractivity contribution >= 4 is 23.5 Å². The monoisotopic (exact) mass is 282 g/mol. The summed E-state index contributed by atoms with van der Waals surface area (Å²) in [7, 11) is 0. The predicted octanol–water partition coefficient (Wildman–Crippen LogP) is 1.14. The molecule has 0 heterocycles. The zero-order chi connectivity index (χ0) is 15.7. The fourth-order valence-corrected chi connectivity index (χ4v) is 1.24. The summed E-state index contributed by atoms with van der Waals surface area (Å²) in [5.41, 5.74) is -0.482. The van der Waals surface area contributed by atoms with Crippen LogP contribution in [0.3, 0.4) is 0 Å². The first-order chi connectivity index (χ1) is 9.34. The van der Waals surface area contributed by atoms with Gasteiger partial charge in [0.25, 0.3) is 0 Å². The molecule has 6 nitrogen and oxygen atoms in total. The van der Waals surface area contributed by atoms with Crippen molar-refractivity contribution in [3.63, 3.8) is 0 Å². The van der Waals surface area contributed by atoms with Crippen molar-refractivity contribution in [1.82, 2.24) is 0 Å². The maximum Gasteiger partial charge on any atom is 0.341 e. The van der Waals surface area contributed by atoms with Crippen molar-refractivity contribution in [2.75, 3.05) is 13.2 Å². The summed E-state index contributed by atoms with van der Waals surface area (Å²) in [5, 5.41) is 0. The first-order valence-corrected chi connectivity index (χ1v) is 6.13. The Hall–Kier alpha value is -2.24. The molecule has 20 heavy (non-hydrogen) atoms. The quantitative estimate of drug-likeness (QED) is 0.229. The lowest BCUT2D eigenvalue weighted by Gasteiger charge is -2.04. The van der Waals surface area contributed by atoms with E-state index in [-0.39, 0.29) is 24.4 Å². The molecule has 0 rings (SSSR count). The van der Waals surface area contributed by atoms with E-state index in [2.05, 4.69) is 0 Å².